The summed E-state index contributed by atoms with van der Waals surface area (Å²) in [5, 5.41) is 17.8. The lowest BCUT2D eigenvalue weighted by atomic mass is 9.93. The number of aromatic amines is 1. The van der Waals surface area contributed by atoms with Gasteiger partial charge in [-0.2, -0.15) is 5.21 Å². The Hall–Kier alpha value is -0.540. The molecule has 1 aliphatic carbocycles. The second-order valence-corrected chi connectivity index (χ2v) is 7.56. The van der Waals surface area contributed by atoms with E-state index in [1.54, 1.807) is 0 Å². The molecule has 2 heterocycles. The fraction of sp³-hybridized carbons (Fsp3) is 0.545. The largest absolute Gasteiger partial charge is 0.300 e. The quantitative estimate of drug-likeness (QED) is 0.810. The first kappa shape index (κ1) is 12.5. The van der Waals surface area contributed by atoms with Gasteiger partial charge in [-0.3, -0.25) is 0 Å². The summed E-state index contributed by atoms with van der Waals surface area (Å²) in [5.74, 6) is 0.729. The van der Waals surface area contributed by atoms with E-state index < -0.39 is 0 Å². The number of rotatable bonds is 3. The predicted molar refractivity (Wildman–Crippen MR) is 78.4 cm³/mol. The zero-order chi connectivity index (χ0) is 12.5. The third-order valence-corrected chi connectivity index (χ3v) is 5.26. The first-order chi connectivity index (χ1) is 8.74. The summed E-state index contributed by atoms with van der Waals surface area (Å²) in [6.45, 7) is 2.08. The molecule has 0 bridgehead atoms. The van der Waals surface area contributed by atoms with Gasteiger partial charge >= 0.3 is 0 Å². The molecule has 1 aliphatic rings. The molecule has 3 rings (SSSR count). The number of hydrogen-bond donors (Lipinski definition) is 2. The van der Waals surface area contributed by atoms with Crippen LogP contribution in [-0.2, 0) is 6.42 Å². The van der Waals surface area contributed by atoms with E-state index in [2.05, 4.69) is 61.5 Å². The highest BCUT2D eigenvalue weighted by molar-refractivity contribution is 14.1. The molecule has 7 heteroatoms. The van der Waals surface area contributed by atoms with Crippen LogP contribution in [0.1, 0.15) is 48.1 Å². The van der Waals surface area contributed by atoms with Crippen molar-refractivity contribution < 1.29 is 0 Å². The second-order valence-electron chi connectivity index (χ2n) is 4.53. The maximum Gasteiger partial charge on any atom is 0.191 e. The molecule has 0 radical (unpaired) electrons. The lowest BCUT2D eigenvalue weighted by Gasteiger charge is -2.25. The maximum atomic E-state index is 4.03. The Balaban J connectivity index is 1.78. The normalized spacial score (nSPS) is 20.7. The van der Waals surface area contributed by atoms with Crippen molar-refractivity contribution in [3.63, 3.8) is 0 Å². The molecule has 0 aromatic carbocycles. The van der Waals surface area contributed by atoms with Crippen molar-refractivity contribution >= 4 is 33.9 Å². The van der Waals surface area contributed by atoms with E-state index in [1.165, 1.54) is 32.6 Å². The molecule has 0 fully saturated rings. The molecule has 2 N–H and O–H groups in total. The first-order valence-electron chi connectivity index (χ1n) is 6.01. The number of aryl methyl sites for hydroxylation is 1. The number of fused-ring (bicyclic) bond motifs is 1. The number of nitrogens with zero attached hydrogens (tertiary/aromatic N) is 3. The van der Waals surface area contributed by atoms with Gasteiger partial charge in [0.25, 0.3) is 0 Å². The van der Waals surface area contributed by atoms with Gasteiger partial charge < -0.3 is 5.32 Å². The molecule has 0 saturated carbocycles. The highest BCUT2D eigenvalue weighted by Crippen LogP contribution is 2.37. The lowest BCUT2D eigenvalue weighted by Crippen LogP contribution is -2.27. The van der Waals surface area contributed by atoms with E-state index >= 15 is 0 Å². The van der Waals surface area contributed by atoms with Crippen LogP contribution in [0, 0.1) is 2.88 Å². The van der Waals surface area contributed by atoms with Gasteiger partial charge in [-0.1, -0.05) is 5.21 Å². The number of H-pyrrole nitrogens is 1. The van der Waals surface area contributed by atoms with Crippen molar-refractivity contribution in [1.82, 2.24) is 25.9 Å². The molecular formula is C11H14IN5S. The van der Waals surface area contributed by atoms with Crippen molar-refractivity contribution in [2.24, 2.45) is 0 Å². The molecule has 5 nitrogen and oxygen atoms in total. The zero-order valence-corrected chi connectivity index (χ0v) is 13.0. The van der Waals surface area contributed by atoms with Crippen LogP contribution in [0.15, 0.2) is 6.07 Å². The van der Waals surface area contributed by atoms with Crippen LogP contribution in [0.3, 0.4) is 0 Å². The third-order valence-electron chi connectivity index (χ3n) is 3.28. The highest BCUT2D eigenvalue weighted by atomic mass is 127. The number of halogens is 1. The van der Waals surface area contributed by atoms with Gasteiger partial charge in [-0.25, -0.2) is 0 Å². The van der Waals surface area contributed by atoms with Crippen LogP contribution in [0.25, 0.3) is 0 Å². The second kappa shape index (κ2) is 5.22. The van der Waals surface area contributed by atoms with Crippen LogP contribution in [0.5, 0.6) is 0 Å². The van der Waals surface area contributed by atoms with Gasteiger partial charge in [0.1, 0.15) is 0 Å². The van der Waals surface area contributed by atoms with Crippen molar-refractivity contribution in [2.75, 3.05) is 0 Å². The number of thiophene rings is 1. The predicted octanol–water partition coefficient (Wildman–Crippen LogP) is 2.59. The molecule has 2 unspecified atom stereocenters. The standard InChI is InChI=1S/C11H14IN5S/c1-6(11-14-16-17-15-11)13-8-3-2-4-9-7(8)5-10(12)18-9/h5-6,8,13H,2-4H2,1H3,(H,14,15,16,17). The SMILES string of the molecule is CC(NC1CCCc2sc(I)cc21)c1nn[nH]n1. The van der Waals surface area contributed by atoms with Crippen LogP contribution >= 0.6 is 33.9 Å². The Morgan fingerprint density at radius 1 is 1.61 bits per heavy atom. The van der Waals surface area contributed by atoms with Gasteiger partial charge in [-0.05, 0) is 60.4 Å². The molecule has 0 aliphatic heterocycles. The summed E-state index contributed by atoms with van der Waals surface area (Å²) < 4.78 is 1.37. The number of nitrogens with one attached hydrogen (secondary N) is 2. The summed E-state index contributed by atoms with van der Waals surface area (Å²) in [5.41, 5.74) is 1.46. The highest BCUT2D eigenvalue weighted by Gasteiger charge is 2.25. The molecule has 0 saturated heterocycles. The van der Waals surface area contributed by atoms with Crippen molar-refractivity contribution in [3.05, 3.63) is 25.2 Å². The Labute approximate surface area is 123 Å². The number of hydrogen-bond acceptors (Lipinski definition) is 5. The topological polar surface area (TPSA) is 66.5 Å². The average Bonchev–Trinajstić information content (AvgIpc) is 2.96. The van der Waals surface area contributed by atoms with E-state index in [1.807, 2.05) is 11.3 Å². The Morgan fingerprint density at radius 2 is 2.50 bits per heavy atom. The summed E-state index contributed by atoms with van der Waals surface area (Å²) in [4.78, 5) is 1.53. The van der Waals surface area contributed by atoms with Crippen molar-refractivity contribution in [1.29, 1.82) is 0 Å². The molecule has 0 spiro atoms. The summed E-state index contributed by atoms with van der Waals surface area (Å²) in [6, 6.07) is 2.85. The number of aromatic nitrogens is 4. The molecule has 96 valence electrons. The monoisotopic (exact) mass is 375 g/mol. The minimum atomic E-state index is 0.122. The van der Waals surface area contributed by atoms with Gasteiger partial charge in [0.05, 0.1) is 8.93 Å². The van der Waals surface area contributed by atoms with Gasteiger partial charge in [0.2, 0.25) is 0 Å². The van der Waals surface area contributed by atoms with Crippen molar-refractivity contribution in [2.45, 2.75) is 38.3 Å². The Kier molecular flexibility index (Phi) is 3.62. The molecule has 2 aromatic rings. The molecule has 18 heavy (non-hydrogen) atoms. The van der Waals surface area contributed by atoms with Crippen LogP contribution < -0.4 is 5.32 Å². The molecular weight excluding hydrogens is 361 g/mol. The minimum Gasteiger partial charge on any atom is -0.300 e. The van der Waals surface area contributed by atoms with E-state index in [-0.39, 0.29) is 6.04 Å². The van der Waals surface area contributed by atoms with Gasteiger partial charge in [0, 0.05) is 10.9 Å². The first-order valence-corrected chi connectivity index (χ1v) is 7.91. The van der Waals surface area contributed by atoms with Crippen LogP contribution in [0.4, 0.5) is 0 Å². The van der Waals surface area contributed by atoms with E-state index in [0.717, 1.165) is 5.82 Å². The zero-order valence-electron chi connectivity index (χ0n) is 9.98. The van der Waals surface area contributed by atoms with Crippen LogP contribution in [-0.4, -0.2) is 20.6 Å². The molecule has 2 aromatic heterocycles. The van der Waals surface area contributed by atoms with E-state index in [4.69, 9.17) is 0 Å². The average molecular weight is 375 g/mol. The van der Waals surface area contributed by atoms with Crippen LogP contribution in [0.2, 0.25) is 0 Å². The summed E-state index contributed by atoms with van der Waals surface area (Å²) in [6.07, 6.45) is 3.65. The van der Waals surface area contributed by atoms with E-state index in [9.17, 15) is 0 Å². The maximum absolute atomic E-state index is 4.03. The molecule has 0 amide bonds. The summed E-state index contributed by atoms with van der Waals surface area (Å²) in [7, 11) is 0. The Bertz CT molecular complexity index is 524. The fourth-order valence-electron chi connectivity index (χ4n) is 2.42. The smallest absolute Gasteiger partial charge is 0.191 e. The van der Waals surface area contributed by atoms with Gasteiger partial charge in [0.15, 0.2) is 5.82 Å². The lowest BCUT2D eigenvalue weighted by molar-refractivity contribution is 0.408. The number of tetrazole rings is 1. The van der Waals surface area contributed by atoms with Gasteiger partial charge in [-0.15, -0.1) is 21.5 Å². The minimum absolute atomic E-state index is 0.122. The Morgan fingerprint density at radius 3 is 3.28 bits per heavy atom. The molecule has 2 atom stereocenters. The third kappa shape index (κ3) is 2.43. The van der Waals surface area contributed by atoms with Crippen molar-refractivity contribution in [3.8, 4) is 0 Å². The van der Waals surface area contributed by atoms with E-state index in [0.29, 0.717) is 6.04 Å². The fourth-order valence-corrected chi connectivity index (χ4v) is 4.54. The summed E-state index contributed by atoms with van der Waals surface area (Å²) >= 11 is 4.32.